The molecule has 0 spiro atoms. The summed E-state index contributed by atoms with van der Waals surface area (Å²) < 4.78 is 10.6. The first-order valence-electron chi connectivity index (χ1n) is 3.81. The van der Waals surface area contributed by atoms with E-state index in [9.17, 15) is 4.79 Å². The molecule has 0 radical (unpaired) electrons. The summed E-state index contributed by atoms with van der Waals surface area (Å²) >= 11 is 3.22. The second kappa shape index (κ2) is 4.32. The van der Waals surface area contributed by atoms with Gasteiger partial charge in [-0.25, -0.2) is 0 Å². The zero-order valence-electron chi connectivity index (χ0n) is 7.83. The maximum Gasteiger partial charge on any atom is 0.253 e. The maximum absolute atomic E-state index is 11.1. The van der Waals surface area contributed by atoms with Crippen LogP contribution in [0, 0.1) is 0 Å². The minimum absolute atomic E-state index is 0.313. The number of hydrogen-bond donors (Lipinski definition) is 1. The van der Waals surface area contributed by atoms with Gasteiger partial charge in [-0.3, -0.25) is 4.79 Å². The number of carbonyl (C=O) groups is 1. The zero-order valence-corrected chi connectivity index (χ0v) is 9.42. The molecular weight excluding hydrogens is 250 g/mol. The van der Waals surface area contributed by atoms with Crippen LogP contribution in [0.5, 0.6) is 11.5 Å². The quantitative estimate of drug-likeness (QED) is 0.897. The van der Waals surface area contributed by atoms with E-state index in [1.54, 1.807) is 12.1 Å². The number of nitrogens with two attached hydrogens (primary N) is 1. The van der Waals surface area contributed by atoms with Crippen LogP contribution < -0.4 is 15.2 Å². The molecule has 0 saturated carbocycles. The number of primary amides is 1. The Morgan fingerprint density at radius 1 is 1.36 bits per heavy atom. The Morgan fingerprint density at radius 2 is 2.00 bits per heavy atom. The van der Waals surface area contributed by atoms with E-state index in [0.717, 1.165) is 0 Å². The Labute approximate surface area is 90.1 Å². The van der Waals surface area contributed by atoms with Gasteiger partial charge >= 0.3 is 0 Å². The van der Waals surface area contributed by atoms with Crippen LogP contribution in [0.2, 0.25) is 0 Å². The molecule has 0 saturated heterocycles. The van der Waals surface area contributed by atoms with Gasteiger partial charge in [0.2, 0.25) is 0 Å². The molecule has 1 rings (SSSR count). The van der Waals surface area contributed by atoms with Crippen molar-refractivity contribution in [3.63, 3.8) is 0 Å². The molecule has 76 valence electrons. The van der Waals surface area contributed by atoms with E-state index in [2.05, 4.69) is 15.9 Å². The number of ether oxygens (including phenoxy) is 2. The third-order valence-electron chi connectivity index (χ3n) is 1.73. The summed E-state index contributed by atoms with van der Waals surface area (Å²) in [6.45, 7) is 0. The standard InChI is InChI=1S/C9H10BrNO3/c1-13-5-3-6(10)8(9(11)12)7(4-5)14-2/h3-4H,1-2H3,(H2,11,12). The molecule has 0 atom stereocenters. The number of rotatable bonds is 3. The van der Waals surface area contributed by atoms with Crippen LogP contribution >= 0.6 is 15.9 Å². The minimum atomic E-state index is -0.545. The normalized spacial score (nSPS) is 9.64. The van der Waals surface area contributed by atoms with Gasteiger partial charge in [-0.05, 0) is 22.0 Å². The largest absolute Gasteiger partial charge is 0.497 e. The summed E-state index contributed by atoms with van der Waals surface area (Å²) in [5.74, 6) is 0.443. The first-order valence-corrected chi connectivity index (χ1v) is 4.60. The van der Waals surface area contributed by atoms with E-state index in [0.29, 0.717) is 21.5 Å². The lowest BCUT2D eigenvalue weighted by molar-refractivity contribution is 0.0996. The van der Waals surface area contributed by atoms with Crippen LogP contribution in [0.25, 0.3) is 0 Å². The highest BCUT2D eigenvalue weighted by molar-refractivity contribution is 9.10. The van der Waals surface area contributed by atoms with Gasteiger partial charge in [0.25, 0.3) is 5.91 Å². The molecule has 4 nitrogen and oxygen atoms in total. The molecule has 0 fully saturated rings. The van der Waals surface area contributed by atoms with Crippen LogP contribution in [0.15, 0.2) is 16.6 Å². The number of benzene rings is 1. The van der Waals surface area contributed by atoms with Crippen molar-refractivity contribution in [1.82, 2.24) is 0 Å². The molecular formula is C9H10BrNO3. The zero-order chi connectivity index (χ0) is 10.7. The molecule has 5 heteroatoms. The van der Waals surface area contributed by atoms with Crippen LogP contribution in [0.4, 0.5) is 0 Å². The van der Waals surface area contributed by atoms with E-state index < -0.39 is 5.91 Å². The molecule has 14 heavy (non-hydrogen) atoms. The Morgan fingerprint density at radius 3 is 2.43 bits per heavy atom. The van der Waals surface area contributed by atoms with Crippen molar-refractivity contribution in [1.29, 1.82) is 0 Å². The van der Waals surface area contributed by atoms with Gasteiger partial charge in [0, 0.05) is 10.5 Å². The summed E-state index contributed by atoms with van der Waals surface area (Å²) in [5.41, 5.74) is 5.51. The number of halogens is 1. The first kappa shape index (κ1) is 10.8. The van der Waals surface area contributed by atoms with Crippen molar-refractivity contribution in [3.8, 4) is 11.5 Å². The van der Waals surface area contributed by atoms with E-state index in [-0.39, 0.29) is 0 Å². The fourth-order valence-electron chi connectivity index (χ4n) is 1.08. The highest BCUT2D eigenvalue weighted by Crippen LogP contribution is 2.31. The fraction of sp³-hybridized carbons (Fsp3) is 0.222. The van der Waals surface area contributed by atoms with Crippen molar-refractivity contribution < 1.29 is 14.3 Å². The third kappa shape index (κ3) is 1.98. The SMILES string of the molecule is COc1cc(Br)c(C(N)=O)c(OC)c1. The summed E-state index contributed by atoms with van der Waals surface area (Å²) in [7, 11) is 3.00. The first-order chi connectivity index (χ1) is 6.60. The molecule has 1 aromatic carbocycles. The molecule has 0 aliphatic rings. The van der Waals surface area contributed by atoms with Crippen molar-refractivity contribution in [2.75, 3.05) is 14.2 Å². The second-order valence-corrected chi connectivity index (χ2v) is 3.41. The van der Waals surface area contributed by atoms with Crippen molar-refractivity contribution >= 4 is 21.8 Å². The van der Waals surface area contributed by atoms with Gasteiger partial charge < -0.3 is 15.2 Å². The van der Waals surface area contributed by atoms with Crippen LogP contribution in [-0.2, 0) is 0 Å². The van der Waals surface area contributed by atoms with E-state index in [4.69, 9.17) is 15.2 Å². The average molecular weight is 260 g/mol. The molecule has 0 aromatic heterocycles. The van der Waals surface area contributed by atoms with Crippen molar-refractivity contribution in [2.45, 2.75) is 0 Å². The Kier molecular flexibility index (Phi) is 3.35. The molecule has 1 amide bonds. The number of carbonyl (C=O) groups excluding carboxylic acids is 1. The molecule has 1 aromatic rings. The Balaban J connectivity index is 3.34. The van der Waals surface area contributed by atoms with Crippen LogP contribution in [-0.4, -0.2) is 20.1 Å². The monoisotopic (exact) mass is 259 g/mol. The average Bonchev–Trinajstić information content (AvgIpc) is 2.15. The van der Waals surface area contributed by atoms with Crippen molar-refractivity contribution in [3.05, 3.63) is 22.2 Å². The van der Waals surface area contributed by atoms with Gasteiger partial charge in [0.05, 0.1) is 19.8 Å². The fourth-order valence-corrected chi connectivity index (χ4v) is 1.69. The molecule has 0 aliphatic heterocycles. The lowest BCUT2D eigenvalue weighted by Gasteiger charge is -2.09. The summed E-state index contributed by atoms with van der Waals surface area (Å²) in [5, 5.41) is 0. The molecule has 2 N–H and O–H groups in total. The topological polar surface area (TPSA) is 61.5 Å². The summed E-state index contributed by atoms with van der Waals surface area (Å²) in [6.07, 6.45) is 0. The highest BCUT2D eigenvalue weighted by atomic mass is 79.9. The molecule has 0 heterocycles. The predicted molar refractivity (Wildman–Crippen MR) is 55.8 cm³/mol. The second-order valence-electron chi connectivity index (χ2n) is 2.55. The lowest BCUT2D eigenvalue weighted by atomic mass is 10.2. The van der Waals surface area contributed by atoms with Gasteiger partial charge in [0.1, 0.15) is 11.5 Å². The van der Waals surface area contributed by atoms with Crippen LogP contribution in [0.1, 0.15) is 10.4 Å². The minimum Gasteiger partial charge on any atom is -0.497 e. The van der Waals surface area contributed by atoms with Gasteiger partial charge in [-0.2, -0.15) is 0 Å². The lowest BCUT2D eigenvalue weighted by Crippen LogP contribution is -2.13. The van der Waals surface area contributed by atoms with Gasteiger partial charge in [0.15, 0.2) is 0 Å². The Hall–Kier alpha value is -1.23. The number of amides is 1. The van der Waals surface area contributed by atoms with E-state index in [1.807, 2.05) is 0 Å². The van der Waals surface area contributed by atoms with E-state index in [1.165, 1.54) is 14.2 Å². The number of methoxy groups -OCH3 is 2. The highest BCUT2D eigenvalue weighted by Gasteiger charge is 2.14. The third-order valence-corrected chi connectivity index (χ3v) is 2.35. The number of hydrogen-bond acceptors (Lipinski definition) is 3. The summed E-state index contributed by atoms with van der Waals surface area (Å²) in [4.78, 5) is 11.1. The molecule has 0 bridgehead atoms. The molecule has 0 unspecified atom stereocenters. The van der Waals surface area contributed by atoms with Gasteiger partial charge in [-0.1, -0.05) is 0 Å². The van der Waals surface area contributed by atoms with Gasteiger partial charge in [-0.15, -0.1) is 0 Å². The predicted octanol–water partition coefficient (Wildman–Crippen LogP) is 1.57. The van der Waals surface area contributed by atoms with E-state index >= 15 is 0 Å². The summed E-state index contributed by atoms with van der Waals surface area (Å²) in [6, 6.07) is 3.26. The smallest absolute Gasteiger partial charge is 0.253 e. The maximum atomic E-state index is 11.1. The Bertz CT molecular complexity index is 365. The van der Waals surface area contributed by atoms with Crippen molar-refractivity contribution in [2.24, 2.45) is 5.73 Å². The van der Waals surface area contributed by atoms with Crippen LogP contribution in [0.3, 0.4) is 0 Å². The molecule has 0 aliphatic carbocycles.